The predicted octanol–water partition coefficient (Wildman–Crippen LogP) is 3.11. The third-order valence-corrected chi connectivity index (χ3v) is 2.33. The van der Waals surface area contributed by atoms with Crippen molar-refractivity contribution in [2.75, 3.05) is 24.3 Å². The summed E-state index contributed by atoms with van der Waals surface area (Å²) < 4.78 is 5.30. The second kappa shape index (κ2) is 5.76. The van der Waals surface area contributed by atoms with Crippen molar-refractivity contribution >= 4 is 17.3 Å². The molecule has 0 bridgehead atoms. The minimum atomic E-state index is -0.0815. The summed E-state index contributed by atoms with van der Waals surface area (Å²) in [6.07, 6.45) is 0. The van der Waals surface area contributed by atoms with Crippen LogP contribution in [-0.2, 0) is 4.79 Å². The number of rotatable bonds is 4. The van der Waals surface area contributed by atoms with Crippen molar-refractivity contribution < 1.29 is 9.53 Å². The fraction of sp³-hybridized carbons (Fsp3) is 0.500. The van der Waals surface area contributed by atoms with E-state index in [1.54, 1.807) is 7.11 Å². The fourth-order valence-corrected chi connectivity index (χ4v) is 1.49. The van der Waals surface area contributed by atoms with Gasteiger partial charge in [-0.1, -0.05) is 20.8 Å². The number of benzene rings is 1. The van der Waals surface area contributed by atoms with Gasteiger partial charge in [-0.15, -0.1) is 0 Å². The largest absolute Gasteiger partial charge is 0.495 e. The molecule has 1 aromatic rings. The van der Waals surface area contributed by atoms with Gasteiger partial charge in [0.15, 0.2) is 0 Å². The van der Waals surface area contributed by atoms with E-state index in [0.717, 1.165) is 23.7 Å². The normalized spacial score (nSPS) is 10.9. The molecule has 0 spiro atoms. The second-order valence-electron chi connectivity index (χ2n) is 5.51. The van der Waals surface area contributed by atoms with Crippen molar-refractivity contribution in [3.05, 3.63) is 18.2 Å². The Morgan fingerprint density at radius 2 is 2.00 bits per heavy atom. The standard InChI is InChI=1S/C14H22N2O2/c1-10(17)16-11-6-7-13(18-5)12(8-11)15-9-14(2,3)4/h6-8,15H,9H2,1-5H3,(H,16,17). The Bertz CT molecular complexity index is 422. The molecule has 0 saturated carbocycles. The molecule has 0 aliphatic heterocycles. The molecule has 0 aliphatic carbocycles. The molecule has 0 aliphatic rings. The molecule has 1 aromatic carbocycles. The third-order valence-electron chi connectivity index (χ3n) is 2.33. The zero-order chi connectivity index (χ0) is 13.8. The summed E-state index contributed by atoms with van der Waals surface area (Å²) in [6, 6.07) is 5.55. The van der Waals surface area contributed by atoms with Crippen molar-refractivity contribution in [1.82, 2.24) is 0 Å². The lowest BCUT2D eigenvalue weighted by molar-refractivity contribution is -0.114. The van der Waals surface area contributed by atoms with Crippen molar-refractivity contribution in [3.63, 3.8) is 0 Å². The lowest BCUT2D eigenvalue weighted by atomic mass is 9.97. The van der Waals surface area contributed by atoms with E-state index in [4.69, 9.17) is 4.74 Å². The molecule has 0 heterocycles. The first-order chi connectivity index (χ1) is 8.31. The van der Waals surface area contributed by atoms with E-state index >= 15 is 0 Å². The van der Waals surface area contributed by atoms with Crippen LogP contribution in [0.1, 0.15) is 27.7 Å². The quantitative estimate of drug-likeness (QED) is 0.863. The lowest BCUT2D eigenvalue weighted by Gasteiger charge is -2.21. The Labute approximate surface area is 109 Å². The van der Waals surface area contributed by atoms with Gasteiger partial charge in [0.25, 0.3) is 0 Å². The van der Waals surface area contributed by atoms with E-state index in [1.165, 1.54) is 6.92 Å². The van der Waals surface area contributed by atoms with Crippen LogP contribution in [0.15, 0.2) is 18.2 Å². The summed E-state index contributed by atoms with van der Waals surface area (Å²) in [5, 5.41) is 6.10. The fourth-order valence-electron chi connectivity index (χ4n) is 1.49. The van der Waals surface area contributed by atoms with Crippen LogP contribution < -0.4 is 15.4 Å². The van der Waals surface area contributed by atoms with Gasteiger partial charge in [0.2, 0.25) is 5.91 Å². The number of anilines is 2. The van der Waals surface area contributed by atoms with Gasteiger partial charge in [-0.3, -0.25) is 4.79 Å². The first-order valence-electron chi connectivity index (χ1n) is 6.01. The summed E-state index contributed by atoms with van der Waals surface area (Å²) in [5.74, 6) is 0.690. The van der Waals surface area contributed by atoms with Gasteiger partial charge in [-0.05, 0) is 23.6 Å². The number of amides is 1. The molecule has 1 rings (SSSR count). The Morgan fingerprint density at radius 1 is 1.33 bits per heavy atom. The van der Waals surface area contributed by atoms with Gasteiger partial charge in [0.1, 0.15) is 5.75 Å². The van der Waals surface area contributed by atoms with Gasteiger partial charge in [0, 0.05) is 19.2 Å². The van der Waals surface area contributed by atoms with E-state index in [2.05, 4.69) is 31.4 Å². The SMILES string of the molecule is COc1ccc(NC(C)=O)cc1NCC(C)(C)C. The molecule has 1 amide bonds. The van der Waals surface area contributed by atoms with Gasteiger partial charge in [0.05, 0.1) is 12.8 Å². The maximum Gasteiger partial charge on any atom is 0.221 e. The molecule has 2 N–H and O–H groups in total. The molecule has 0 unspecified atom stereocenters. The molecular formula is C14H22N2O2. The maximum absolute atomic E-state index is 11.0. The van der Waals surface area contributed by atoms with Crippen LogP contribution in [0, 0.1) is 5.41 Å². The first-order valence-corrected chi connectivity index (χ1v) is 6.01. The van der Waals surface area contributed by atoms with E-state index in [1.807, 2.05) is 18.2 Å². The minimum absolute atomic E-state index is 0.0815. The molecule has 0 aromatic heterocycles. The molecule has 18 heavy (non-hydrogen) atoms. The number of hydrogen-bond acceptors (Lipinski definition) is 3. The Hall–Kier alpha value is -1.71. The predicted molar refractivity (Wildman–Crippen MR) is 75.2 cm³/mol. The van der Waals surface area contributed by atoms with Crippen LogP contribution in [0.5, 0.6) is 5.75 Å². The Kier molecular flexibility index (Phi) is 4.59. The lowest BCUT2D eigenvalue weighted by Crippen LogP contribution is -2.19. The van der Waals surface area contributed by atoms with E-state index in [9.17, 15) is 4.79 Å². The van der Waals surface area contributed by atoms with Crippen LogP contribution in [0.25, 0.3) is 0 Å². The highest BCUT2D eigenvalue weighted by molar-refractivity contribution is 5.89. The highest BCUT2D eigenvalue weighted by Crippen LogP contribution is 2.29. The van der Waals surface area contributed by atoms with Crippen molar-refractivity contribution in [2.45, 2.75) is 27.7 Å². The first kappa shape index (κ1) is 14.4. The summed E-state index contributed by atoms with van der Waals surface area (Å²) in [7, 11) is 1.63. The van der Waals surface area contributed by atoms with Gasteiger partial charge in [-0.2, -0.15) is 0 Å². The number of carbonyl (C=O) groups excluding carboxylic acids is 1. The molecule has 0 radical (unpaired) electrons. The monoisotopic (exact) mass is 250 g/mol. The van der Waals surface area contributed by atoms with Crippen LogP contribution >= 0.6 is 0 Å². The van der Waals surface area contributed by atoms with E-state index in [0.29, 0.717) is 0 Å². The number of methoxy groups -OCH3 is 1. The summed E-state index contributed by atoms with van der Waals surface area (Å²) >= 11 is 0. The molecular weight excluding hydrogens is 228 g/mol. The molecule has 4 heteroatoms. The van der Waals surface area contributed by atoms with Crippen molar-refractivity contribution in [1.29, 1.82) is 0 Å². The maximum atomic E-state index is 11.0. The van der Waals surface area contributed by atoms with Gasteiger partial charge in [-0.25, -0.2) is 0 Å². The number of nitrogens with one attached hydrogen (secondary N) is 2. The van der Waals surface area contributed by atoms with Crippen molar-refractivity contribution in [3.8, 4) is 5.75 Å². The summed E-state index contributed by atoms with van der Waals surface area (Å²) in [5.41, 5.74) is 1.83. The van der Waals surface area contributed by atoms with Crippen LogP contribution in [-0.4, -0.2) is 19.6 Å². The van der Waals surface area contributed by atoms with Gasteiger partial charge >= 0.3 is 0 Å². The van der Waals surface area contributed by atoms with Gasteiger partial charge < -0.3 is 15.4 Å². The highest BCUT2D eigenvalue weighted by atomic mass is 16.5. The molecule has 0 atom stereocenters. The van der Waals surface area contributed by atoms with E-state index in [-0.39, 0.29) is 11.3 Å². The molecule has 4 nitrogen and oxygen atoms in total. The van der Waals surface area contributed by atoms with Crippen molar-refractivity contribution in [2.24, 2.45) is 5.41 Å². The smallest absolute Gasteiger partial charge is 0.221 e. The number of ether oxygens (including phenoxy) is 1. The Balaban J connectivity index is 2.88. The average Bonchev–Trinajstić information content (AvgIpc) is 2.25. The third kappa shape index (κ3) is 4.65. The second-order valence-corrected chi connectivity index (χ2v) is 5.51. The zero-order valence-electron chi connectivity index (χ0n) is 11.8. The van der Waals surface area contributed by atoms with Crippen LogP contribution in [0.2, 0.25) is 0 Å². The molecule has 0 saturated heterocycles. The average molecular weight is 250 g/mol. The minimum Gasteiger partial charge on any atom is -0.495 e. The van der Waals surface area contributed by atoms with Crippen LogP contribution in [0.4, 0.5) is 11.4 Å². The Morgan fingerprint density at radius 3 is 2.50 bits per heavy atom. The molecule has 100 valence electrons. The number of carbonyl (C=O) groups is 1. The topological polar surface area (TPSA) is 50.4 Å². The highest BCUT2D eigenvalue weighted by Gasteiger charge is 2.12. The summed E-state index contributed by atoms with van der Waals surface area (Å²) in [6.45, 7) is 8.79. The number of hydrogen-bond donors (Lipinski definition) is 2. The van der Waals surface area contributed by atoms with E-state index < -0.39 is 0 Å². The summed E-state index contributed by atoms with van der Waals surface area (Å²) in [4.78, 5) is 11.0. The zero-order valence-corrected chi connectivity index (χ0v) is 11.8. The van der Waals surface area contributed by atoms with Crippen LogP contribution in [0.3, 0.4) is 0 Å². The molecule has 0 fully saturated rings.